The van der Waals surface area contributed by atoms with Crippen molar-refractivity contribution in [2.45, 2.75) is 84.9 Å². The second-order valence-electron chi connectivity index (χ2n) is 5.93. The first-order chi connectivity index (χ1) is 8.42. The average molecular weight is 257 g/mol. The number of nitrogens with one attached hydrogen (secondary N) is 1. The van der Waals surface area contributed by atoms with E-state index < -0.39 is 0 Å². The number of hydrogen-bond acceptors (Lipinski definition) is 3. The Labute approximate surface area is 113 Å². The van der Waals surface area contributed by atoms with Crippen molar-refractivity contribution >= 4 is 6.47 Å². The van der Waals surface area contributed by atoms with E-state index >= 15 is 0 Å². The van der Waals surface area contributed by atoms with Gasteiger partial charge in [0.1, 0.15) is 5.60 Å². The molecular weight excluding hydrogens is 226 g/mol. The second kappa shape index (κ2) is 8.52. The molecule has 1 N–H and O–H groups in total. The fourth-order valence-electron chi connectivity index (χ4n) is 2.57. The highest BCUT2D eigenvalue weighted by atomic mass is 16.5. The summed E-state index contributed by atoms with van der Waals surface area (Å²) in [7, 11) is 0. The van der Waals surface area contributed by atoms with E-state index in [1.54, 1.807) is 0 Å². The fourth-order valence-corrected chi connectivity index (χ4v) is 2.57. The van der Waals surface area contributed by atoms with Crippen LogP contribution in [0.25, 0.3) is 0 Å². The predicted molar refractivity (Wildman–Crippen MR) is 76.6 cm³/mol. The van der Waals surface area contributed by atoms with Gasteiger partial charge < -0.3 is 10.1 Å². The molecular formula is C15H31NO2. The molecule has 1 saturated heterocycles. The van der Waals surface area contributed by atoms with Crippen molar-refractivity contribution in [3.63, 3.8) is 0 Å². The van der Waals surface area contributed by atoms with Crippen molar-refractivity contribution in [1.82, 2.24) is 5.32 Å². The lowest BCUT2D eigenvalue weighted by Gasteiger charge is -2.14. The van der Waals surface area contributed by atoms with Crippen LogP contribution in [0.15, 0.2) is 0 Å². The van der Waals surface area contributed by atoms with Crippen molar-refractivity contribution in [3.05, 3.63) is 0 Å². The summed E-state index contributed by atoms with van der Waals surface area (Å²) >= 11 is 0. The summed E-state index contributed by atoms with van der Waals surface area (Å²) in [5.74, 6) is 1.04. The number of ether oxygens (including phenoxy) is 1. The summed E-state index contributed by atoms with van der Waals surface area (Å²) in [6, 6.07) is 1.71. The lowest BCUT2D eigenvalue weighted by atomic mass is 10.0. The number of carbonyl (C=O) groups excluding carboxylic acids is 1. The number of rotatable bonds is 1. The van der Waals surface area contributed by atoms with Crippen molar-refractivity contribution in [2.24, 2.45) is 5.92 Å². The lowest BCUT2D eigenvalue weighted by molar-refractivity contribution is -0.138. The molecule has 1 heterocycles. The van der Waals surface area contributed by atoms with Gasteiger partial charge in [-0.25, -0.2) is 0 Å². The van der Waals surface area contributed by atoms with Crippen LogP contribution >= 0.6 is 0 Å². The maximum atomic E-state index is 9.60. The molecule has 3 heteroatoms. The van der Waals surface area contributed by atoms with E-state index in [1.807, 2.05) is 34.6 Å². The highest BCUT2D eigenvalue weighted by Crippen LogP contribution is 2.34. The molecule has 0 aromatic heterocycles. The van der Waals surface area contributed by atoms with Gasteiger partial charge in [0.05, 0.1) is 0 Å². The average Bonchev–Trinajstić information content (AvgIpc) is 2.79. The van der Waals surface area contributed by atoms with Crippen LogP contribution in [0, 0.1) is 5.92 Å². The highest BCUT2D eigenvalue weighted by Gasteiger charge is 2.34. The van der Waals surface area contributed by atoms with Gasteiger partial charge in [0.25, 0.3) is 6.47 Å². The van der Waals surface area contributed by atoms with Gasteiger partial charge in [-0.3, -0.25) is 4.79 Å². The lowest BCUT2D eigenvalue weighted by Crippen LogP contribution is -2.26. The molecule has 1 aliphatic carbocycles. The molecule has 3 nitrogen and oxygen atoms in total. The topological polar surface area (TPSA) is 38.3 Å². The smallest absolute Gasteiger partial charge is 0.293 e. The zero-order valence-electron chi connectivity index (χ0n) is 13.0. The van der Waals surface area contributed by atoms with Crippen molar-refractivity contribution in [2.75, 3.05) is 0 Å². The van der Waals surface area contributed by atoms with Gasteiger partial charge in [0, 0.05) is 12.1 Å². The third-order valence-corrected chi connectivity index (χ3v) is 3.22. The molecule has 2 rings (SSSR count). The Morgan fingerprint density at radius 2 is 1.83 bits per heavy atom. The molecule has 0 bridgehead atoms. The van der Waals surface area contributed by atoms with E-state index in [0.717, 1.165) is 18.0 Å². The molecule has 3 atom stereocenters. The third kappa shape index (κ3) is 7.00. The van der Waals surface area contributed by atoms with Gasteiger partial charge >= 0.3 is 0 Å². The van der Waals surface area contributed by atoms with Gasteiger partial charge in [-0.1, -0.05) is 20.3 Å². The van der Waals surface area contributed by atoms with Crippen molar-refractivity contribution < 1.29 is 9.53 Å². The van der Waals surface area contributed by atoms with Crippen LogP contribution in [-0.2, 0) is 9.53 Å². The predicted octanol–water partition coefficient (Wildman–Crippen LogP) is 3.52. The Kier molecular flexibility index (Phi) is 8.25. The summed E-state index contributed by atoms with van der Waals surface area (Å²) in [6.07, 6.45) is 5.83. The van der Waals surface area contributed by atoms with E-state index in [4.69, 9.17) is 0 Å². The standard InChI is InChI=1S/C8H15N.C5H10O2.C2H6/c1-6-5-7-3-2-4-8(7)9-6;1-5(2,3)7-4-6;1-2/h6-9H,2-5H2,1H3;4H,1-3H3;1-2H3/t6-,7?,8?;;/m1../s1. The molecule has 18 heavy (non-hydrogen) atoms. The molecule has 1 saturated carbocycles. The normalized spacial score (nSPS) is 29.3. The maximum absolute atomic E-state index is 9.60. The first-order valence-electron chi connectivity index (χ1n) is 7.30. The minimum Gasteiger partial charge on any atom is -0.462 e. The van der Waals surface area contributed by atoms with Crippen LogP contribution in [0.1, 0.15) is 67.2 Å². The Morgan fingerprint density at radius 1 is 1.22 bits per heavy atom. The summed E-state index contributed by atoms with van der Waals surface area (Å²) in [5.41, 5.74) is -0.318. The Morgan fingerprint density at radius 3 is 2.22 bits per heavy atom. The molecule has 2 aliphatic rings. The zero-order chi connectivity index (χ0) is 14.2. The van der Waals surface area contributed by atoms with Crippen LogP contribution in [0.4, 0.5) is 0 Å². The number of fused-ring (bicyclic) bond motifs is 1. The van der Waals surface area contributed by atoms with Gasteiger partial charge in [-0.2, -0.15) is 0 Å². The van der Waals surface area contributed by atoms with Crippen molar-refractivity contribution in [3.8, 4) is 0 Å². The Hall–Kier alpha value is -0.570. The van der Waals surface area contributed by atoms with Crippen LogP contribution < -0.4 is 5.32 Å². The van der Waals surface area contributed by atoms with E-state index in [1.165, 1.54) is 25.7 Å². The monoisotopic (exact) mass is 257 g/mol. The third-order valence-electron chi connectivity index (χ3n) is 3.22. The summed E-state index contributed by atoms with van der Waals surface area (Å²) < 4.78 is 4.55. The first kappa shape index (κ1) is 17.4. The number of hydrogen-bond donors (Lipinski definition) is 1. The quantitative estimate of drug-likeness (QED) is 0.730. The molecule has 0 amide bonds. The fraction of sp³-hybridized carbons (Fsp3) is 0.933. The molecule has 0 radical (unpaired) electrons. The number of carbonyl (C=O) groups is 1. The van der Waals surface area contributed by atoms with E-state index in [2.05, 4.69) is 17.0 Å². The summed E-state index contributed by atoms with van der Waals surface area (Å²) in [4.78, 5) is 9.60. The van der Waals surface area contributed by atoms with Crippen LogP contribution in [0.5, 0.6) is 0 Å². The van der Waals surface area contributed by atoms with Gasteiger partial charge in [-0.15, -0.1) is 0 Å². The van der Waals surface area contributed by atoms with Gasteiger partial charge in [0.15, 0.2) is 0 Å². The molecule has 2 fully saturated rings. The molecule has 0 spiro atoms. The molecule has 0 aromatic carbocycles. The van der Waals surface area contributed by atoms with Gasteiger partial charge in [0.2, 0.25) is 0 Å². The Balaban J connectivity index is 0.000000292. The van der Waals surface area contributed by atoms with E-state index in [-0.39, 0.29) is 5.60 Å². The first-order valence-corrected chi connectivity index (χ1v) is 7.30. The minimum atomic E-state index is -0.318. The largest absolute Gasteiger partial charge is 0.462 e. The molecule has 1 aliphatic heterocycles. The maximum Gasteiger partial charge on any atom is 0.293 e. The SMILES string of the molecule is CC.CC(C)(C)OC=O.C[C@@H]1CC2CCCC2N1. The second-order valence-corrected chi connectivity index (χ2v) is 5.93. The zero-order valence-corrected chi connectivity index (χ0v) is 13.0. The molecule has 108 valence electrons. The summed E-state index contributed by atoms with van der Waals surface area (Å²) in [5, 5.41) is 3.62. The van der Waals surface area contributed by atoms with Crippen LogP contribution in [-0.4, -0.2) is 24.2 Å². The van der Waals surface area contributed by atoms with E-state index in [0.29, 0.717) is 6.47 Å². The molecule has 2 unspecified atom stereocenters. The summed E-state index contributed by atoms with van der Waals surface area (Å²) in [6.45, 7) is 12.2. The minimum absolute atomic E-state index is 0.318. The highest BCUT2D eigenvalue weighted by molar-refractivity contribution is 5.37. The van der Waals surface area contributed by atoms with E-state index in [9.17, 15) is 4.79 Å². The van der Waals surface area contributed by atoms with Crippen molar-refractivity contribution in [1.29, 1.82) is 0 Å². The Bertz CT molecular complexity index is 211. The van der Waals surface area contributed by atoms with Crippen LogP contribution in [0.3, 0.4) is 0 Å². The molecule has 0 aromatic rings. The van der Waals surface area contributed by atoms with Crippen LogP contribution in [0.2, 0.25) is 0 Å². The van der Waals surface area contributed by atoms with Gasteiger partial charge in [-0.05, 0) is 52.9 Å².